The highest BCUT2D eigenvalue weighted by atomic mass is 127. The van der Waals surface area contributed by atoms with Gasteiger partial charge in [-0.3, -0.25) is 0 Å². The number of nitrogens with zero attached hydrogens (tertiary/aromatic N) is 3. The van der Waals surface area contributed by atoms with Crippen LogP contribution < -0.4 is 10.6 Å². The fourth-order valence-electron chi connectivity index (χ4n) is 2.16. The van der Waals surface area contributed by atoms with Crippen molar-refractivity contribution >= 4 is 34.0 Å². The molecular weight excluding hydrogens is 327 g/mol. The third kappa shape index (κ3) is 1.99. The summed E-state index contributed by atoms with van der Waals surface area (Å²) < 4.78 is 3.41. The average molecular weight is 340 g/mol. The van der Waals surface area contributed by atoms with Crippen molar-refractivity contribution in [2.75, 3.05) is 17.2 Å². The topological polar surface area (TPSA) is 47.1 Å². The quantitative estimate of drug-likeness (QED) is 0.639. The average Bonchev–Trinajstić information content (AvgIpc) is 2.75. The van der Waals surface area contributed by atoms with Crippen molar-refractivity contribution in [3.05, 3.63) is 40.0 Å². The van der Waals surface area contributed by atoms with Gasteiger partial charge in [0.2, 0.25) is 0 Å². The Kier molecular flexibility index (Phi) is 2.70. The van der Waals surface area contributed by atoms with E-state index in [0.29, 0.717) is 0 Å². The van der Waals surface area contributed by atoms with Gasteiger partial charge in [-0.2, -0.15) is 0 Å². The molecule has 4 nitrogen and oxygen atoms in total. The minimum atomic E-state index is 0.816. The number of hydrogen-bond donors (Lipinski definition) is 1. The smallest absolute Gasteiger partial charge is 0.128 e. The van der Waals surface area contributed by atoms with Gasteiger partial charge in [-0.1, -0.05) is 0 Å². The van der Waals surface area contributed by atoms with Gasteiger partial charge in [-0.15, -0.1) is 0 Å². The van der Waals surface area contributed by atoms with Gasteiger partial charge >= 0.3 is 0 Å². The second-order valence-electron chi connectivity index (χ2n) is 4.17. The standard InChI is InChI=1S/C12H13IN4/c13-10-7-9(14)1-2-11(10)17-6-5-16-4-3-15-12(16)8-17/h1-4,7H,5-6,8,14H2. The number of nitrogen functional groups attached to an aromatic ring is 1. The molecule has 0 fully saturated rings. The van der Waals surface area contributed by atoms with E-state index in [1.807, 2.05) is 24.5 Å². The van der Waals surface area contributed by atoms with Gasteiger partial charge in [0, 0.05) is 34.7 Å². The molecule has 0 radical (unpaired) electrons. The zero-order valence-electron chi connectivity index (χ0n) is 9.31. The maximum absolute atomic E-state index is 5.78. The van der Waals surface area contributed by atoms with Crippen LogP contribution in [0.2, 0.25) is 0 Å². The zero-order chi connectivity index (χ0) is 11.8. The molecule has 0 saturated heterocycles. The first-order chi connectivity index (χ1) is 8.24. The second kappa shape index (κ2) is 4.21. The third-order valence-corrected chi connectivity index (χ3v) is 3.92. The molecule has 0 saturated carbocycles. The van der Waals surface area contributed by atoms with E-state index < -0.39 is 0 Å². The first kappa shape index (κ1) is 10.9. The van der Waals surface area contributed by atoms with Gasteiger partial charge < -0.3 is 15.2 Å². The van der Waals surface area contributed by atoms with Crippen LogP contribution in [0.5, 0.6) is 0 Å². The van der Waals surface area contributed by atoms with E-state index in [1.165, 1.54) is 9.26 Å². The summed E-state index contributed by atoms with van der Waals surface area (Å²) in [4.78, 5) is 6.72. The summed E-state index contributed by atoms with van der Waals surface area (Å²) in [6.45, 7) is 2.88. The van der Waals surface area contributed by atoms with Gasteiger partial charge in [0.05, 0.1) is 12.2 Å². The number of anilines is 2. The summed E-state index contributed by atoms with van der Waals surface area (Å²) in [5.41, 5.74) is 7.84. The zero-order valence-corrected chi connectivity index (χ0v) is 11.5. The molecule has 2 heterocycles. The Labute approximate surface area is 114 Å². The van der Waals surface area contributed by atoms with Crippen molar-refractivity contribution < 1.29 is 0 Å². The van der Waals surface area contributed by atoms with Crippen LogP contribution in [0.25, 0.3) is 0 Å². The van der Waals surface area contributed by atoms with Gasteiger partial charge in [-0.25, -0.2) is 4.98 Å². The Hall–Kier alpha value is -1.24. The predicted octanol–water partition coefficient (Wildman–Crippen LogP) is 2.09. The summed E-state index contributed by atoms with van der Waals surface area (Å²) in [7, 11) is 0. The maximum Gasteiger partial charge on any atom is 0.128 e. The molecule has 1 aliphatic rings. The Morgan fingerprint density at radius 1 is 1.29 bits per heavy atom. The summed E-state index contributed by atoms with van der Waals surface area (Å²) >= 11 is 2.34. The number of aromatic nitrogens is 2. The van der Waals surface area contributed by atoms with Crippen LogP contribution in [0.3, 0.4) is 0 Å². The van der Waals surface area contributed by atoms with Crippen LogP contribution in [0, 0.1) is 3.57 Å². The lowest BCUT2D eigenvalue weighted by Crippen LogP contribution is -2.34. The highest BCUT2D eigenvalue weighted by Crippen LogP contribution is 2.27. The van der Waals surface area contributed by atoms with Crippen LogP contribution in [0.1, 0.15) is 5.82 Å². The van der Waals surface area contributed by atoms with Crippen LogP contribution in [-0.2, 0) is 13.1 Å². The molecule has 0 bridgehead atoms. The third-order valence-electron chi connectivity index (χ3n) is 3.06. The summed E-state index contributed by atoms with van der Waals surface area (Å²) in [6, 6.07) is 6.06. The van der Waals surface area contributed by atoms with E-state index in [9.17, 15) is 0 Å². The Morgan fingerprint density at radius 3 is 3.00 bits per heavy atom. The van der Waals surface area contributed by atoms with E-state index >= 15 is 0 Å². The molecule has 5 heteroatoms. The molecule has 17 heavy (non-hydrogen) atoms. The summed E-state index contributed by atoms with van der Waals surface area (Å²) in [5, 5.41) is 0. The Morgan fingerprint density at radius 2 is 2.18 bits per heavy atom. The largest absolute Gasteiger partial charge is 0.399 e. The number of benzene rings is 1. The molecule has 1 aliphatic heterocycles. The number of imidazole rings is 1. The molecule has 0 aliphatic carbocycles. The summed E-state index contributed by atoms with van der Waals surface area (Å²) in [5.74, 6) is 1.13. The fraction of sp³-hybridized carbons (Fsp3) is 0.250. The number of hydrogen-bond acceptors (Lipinski definition) is 3. The first-order valence-electron chi connectivity index (χ1n) is 5.54. The van der Waals surface area contributed by atoms with E-state index in [-0.39, 0.29) is 0 Å². The van der Waals surface area contributed by atoms with Crippen molar-refractivity contribution in [2.24, 2.45) is 0 Å². The lowest BCUT2D eigenvalue weighted by atomic mass is 10.2. The van der Waals surface area contributed by atoms with Crippen LogP contribution in [0.15, 0.2) is 30.6 Å². The van der Waals surface area contributed by atoms with Crippen molar-refractivity contribution in [3.8, 4) is 0 Å². The molecule has 0 unspecified atom stereocenters. The van der Waals surface area contributed by atoms with Gasteiger partial charge in [0.25, 0.3) is 0 Å². The van der Waals surface area contributed by atoms with Gasteiger partial charge in [0.15, 0.2) is 0 Å². The van der Waals surface area contributed by atoms with E-state index in [0.717, 1.165) is 31.1 Å². The number of halogens is 1. The Balaban J connectivity index is 1.91. The molecule has 1 aromatic heterocycles. The van der Waals surface area contributed by atoms with E-state index in [2.05, 4.69) is 43.1 Å². The lowest BCUT2D eigenvalue weighted by Gasteiger charge is -2.30. The predicted molar refractivity (Wildman–Crippen MR) is 76.8 cm³/mol. The van der Waals surface area contributed by atoms with Crippen molar-refractivity contribution in [1.29, 1.82) is 0 Å². The lowest BCUT2D eigenvalue weighted by molar-refractivity contribution is 0.559. The highest BCUT2D eigenvalue weighted by Gasteiger charge is 2.18. The molecule has 88 valence electrons. The monoisotopic (exact) mass is 340 g/mol. The normalized spacial score (nSPS) is 14.8. The fourth-order valence-corrected chi connectivity index (χ4v) is 3.04. The molecule has 1 aromatic carbocycles. The minimum absolute atomic E-state index is 0.816. The number of fused-ring (bicyclic) bond motifs is 1. The molecule has 3 rings (SSSR count). The van der Waals surface area contributed by atoms with Crippen LogP contribution >= 0.6 is 22.6 Å². The maximum atomic E-state index is 5.78. The van der Waals surface area contributed by atoms with Gasteiger partial charge in [-0.05, 0) is 40.8 Å². The number of rotatable bonds is 1. The second-order valence-corrected chi connectivity index (χ2v) is 5.33. The molecule has 0 spiro atoms. The van der Waals surface area contributed by atoms with E-state index in [1.54, 1.807) is 0 Å². The molecule has 2 N–H and O–H groups in total. The molecule has 0 atom stereocenters. The summed E-state index contributed by atoms with van der Waals surface area (Å²) in [6.07, 6.45) is 3.91. The molecular formula is C12H13IN4. The SMILES string of the molecule is Nc1ccc(N2CCn3ccnc3C2)c(I)c1. The first-order valence-corrected chi connectivity index (χ1v) is 6.62. The minimum Gasteiger partial charge on any atom is -0.399 e. The number of nitrogens with two attached hydrogens (primary N) is 1. The van der Waals surface area contributed by atoms with E-state index in [4.69, 9.17) is 5.73 Å². The Bertz CT molecular complexity index is 549. The van der Waals surface area contributed by atoms with Crippen molar-refractivity contribution in [2.45, 2.75) is 13.1 Å². The van der Waals surface area contributed by atoms with Crippen LogP contribution in [0.4, 0.5) is 11.4 Å². The highest BCUT2D eigenvalue weighted by molar-refractivity contribution is 14.1. The molecule has 2 aromatic rings. The van der Waals surface area contributed by atoms with Crippen molar-refractivity contribution in [1.82, 2.24) is 9.55 Å². The van der Waals surface area contributed by atoms with Gasteiger partial charge in [0.1, 0.15) is 5.82 Å². The van der Waals surface area contributed by atoms with Crippen molar-refractivity contribution in [3.63, 3.8) is 0 Å². The molecule has 0 amide bonds. The van der Waals surface area contributed by atoms with Crippen LogP contribution in [-0.4, -0.2) is 16.1 Å².